The number of rotatable bonds is 4. The van der Waals surface area contributed by atoms with Crippen LogP contribution in [0.15, 0.2) is 36.4 Å². The number of benzene rings is 1. The van der Waals surface area contributed by atoms with Crippen LogP contribution in [-0.4, -0.2) is 36.0 Å². The molecule has 1 aromatic heterocycles. The first-order chi connectivity index (χ1) is 12.1. The zero-order valence-corrected chi connectivity index (χ0v) is 15.1. The summed E-state index contributed by atoms with van der Waals surface area (Å²) in [4.78, 5) is 15.8. The number of para-hydroxylation sites is 2. The van der Waals surface area contributed by atoms with Crippen LogP contribution >= 0.6 is 11.3 Å². The molecule has 0 aliphatic carbocycles. The van der Waals surface area contributed by atoms with E-state index >= 15 is 0 Å². The molecule has 2 bridgehead atoms. The summed E-state index contributed by atoms with van der Waals surface area (Å²) in [5.74, 6) is 1.21. The molecule has 5 nitrogen and oxygen atoms in total. The Morgan fingerprint density at radius 3 is 2.72 bits per heavy atom. The van der Waals surface area contributed by atoms with Gasteiger partial charge in [-0.25, -0.2) is 0 Å². The number of thiophene rings is 1. The van der Waals surface area contributed by atoms with Gasteiger partial charge in [0.15, 0.2) is 10.8 Å². The second kappa shape index (κ2) is 6.69. The lowest BCUT2D eigenvalue weighted by Gasteiger charge is -2.49. The first-order valence-electron chi connectivity index (χ1n) is 8.79. The fraction of sp³-hybridized carbons (Fsp3) is 0.421. The van der Waals surface area contributed by atoms with Crippen LogP contribution in [0.5, 0.6) is 10.8 Å². The van der Waals surface area contributed by atoms with Gasteiger partial charge in [-0.05, 0) is 63.0 Å². The molecule has 1 amide bonds. The standard InChI is InChI=1S/C19H23N3O2S/c1-12-18(13-8-10-22(12)11-9-13)21-19(23)16-6-7-17(25-16)24-15-5-3-2-4-14(15)20/h2-7,12-13,18H,8-11,20H2,1H3,(H,21,23). The second-order valence-corrected chi connectivity index (χ2v) is 7.92. The monoisotopic (exact) mass is 357 g/mol. The van der Waals surface area contributed by atoms with Gasteiger partial charge in [0.2, 0.25) is 0 Å². The molecule has 2 atom stereocenters. The van der Waals surface area contributed by atoms with Gasteiger partial charge >= 0.3 is 0 Å². The molecule has 6 heteroatoms. The minimum Gasteiger partial charge on any atom is -0.445 e. The number of nitrogen functional groups attached to an aromatic ring is 1. The molecule has 1 aromatic carbocycles. The molecule has 0 radical (unpaired) electrons. The van der Waals surface area contributed by atoms with Crippen molar-refractivity contribution in [1.82, 2.24) is 10.2 Å². The third-order valence-corrected chi connectivity index (χ3v) is 6.37. The topological polar surface area (TPSA) is 67.6 Å². The average Bonchev–Trinajstić information content (AvgIpc) is 3.09. The third kappa shape index (κ3) is 3.24. The predicted molar refractivity (Wildman–Crippen MR) is 100 cm³/mol. The van der Waals surface area contributed by atoms with E-state index in [0.29, 0.717) is 33.3 Å². The molecule has 2 aromatic rings. The molecule has 25 heavy (non-hydrogen) atoms. The second-order valence-electron chi connectivity index (χ2n) is 6.87. The van der Waals surface area contributed by atoms with E-state index in [9.17, 15) is 4.79 Å². The number of hydrogen-bond acceptors (Lipinski definition) is 5. The van der Waals surface area contributed by atoms with E-state index in [1.165, 1.54) is 24.2 Å². The van der Waals surface area contributed by atoms with Crippen molar-refractivity contribution in [2.24, 2.45) is 5.92 Å². The van der Waals surface area contributed by atoms with Crippen molar-refractivity contribution in [3.63, 3.8) is 0 Å². The number of hydrogen-bond donors (Lipinski definition) is 2. The van der Waals surface area contributed by atoms with Crippen molar-refractivity contribution in [2.75, 3.05) is 18.8 Å². The molecule has 3 fully saturated rings. The molecular formula is C19H23N3O2S. The number of nitrogens with zero attached hydrogens (tertiary/aromatic N) is 1. The van der Waals surface area contributed by atoms with Gasteiger partial charge in [-0.3, -0.25) is 9.69 Å². The fourth-order valence-electron chi connectivity index (χ4n) is 3.95. The molecule has 5 rings (SSSR count). The van der Waals surface area contributed by atoms with E-state index < -0.39 is 0 Å². The maximum atomic E-state index is 12.7. The highest BCUT2D eigenvalue weighted by molar-refractivity contribution is 7.15. The van der Waals surface area contributed by atoms with Crippen molar-refractivity contribution in [2.45, 2.75) is 31.8 Å². The molecule has 0 saturated carbocycles. The molecule has 4 heterocycles. The summed E-state index contributed by atoms with van der Waals surface area (Å²) < 4.78 is 5.81. The van der Waals surface area contributed by atoms with Gasteiger partial charge in [0.1, 0.15) is 0 Å². The minimum absolute atomic E-state index is 0.00789. The van der Waals surface area contributed by atoms with E-state index in [4.69, 9.17) is 10.5 Å². The number of ether oxygens (including phenoxy) is 1. The number of nitrogens with two attached hydrogens (primary N) is 1. The maximum absolute atomic E-state index is 12.7. The fourth-order valence-corrected chi connectivity index (χ4v) is 4.72. The van der Waals surface area contributed by atoms with Crippen LogP contribution in [0.25, 0.3) is 0 Å². The summed E-state index contributed by atoms with van der Waals surface area (Å²) in [6.07, 6.45) is 2.36. The summed E-state index contributed by atoms with van der Waals surface area (Å²) in [6, 6.07) is 11.7. The highest BCUT2D eigenvalue weighted by Crippen LogP contribution is 2.34. The molecule has 0 spiro atoms. The van der Waals surface area contributed by atoms with Crippen LogP contribution in [0.3, 0.4) is 0 Å². The van der Waals surface area contributed by atoms with E-state index in [2.05, 4.69) is 17.1 Å². The minimum atomic E-state index is -0.00789. The summed E-state index contributed by atoms with van der Waals surface area (Å²) in [7, 11) is 0. The largest absolute Gasteiger partial charge is 0.445 e. The average molecular weight is 357 g/mol. The number of fused-ring (bicyclic) bond motifs is 3. The number of carbonyl (C=O) groups excluding carboxylic acids is 1. The lowest BCUT2D eigenvalue weighted by Crippen LogP contribution is -2.62. The number of carbonyl (C=O) groups is 1. The number of anilines is 1. The SMILES string of the molecule is CC1C(NC(=O)c2ccc(Oc3ccccc3N)s2)C2CCN1CC2. The normalized spacial score (nSPS) is 27.9. The van der Waals surface area contributed by atoms with Crippen LogP contribution in [0.4, 0.5) is 5.69 Å². The van der Waals surface area contributed by atoms with Crippen LogP contribution in [0.1, 0.15) is 29.4 Å². The lowest BCUT2D eigenvalue weighted by molar-refractivity contribution is 0.0218. The first-order valence-corrected chi connectivity index (χ1v) is 9.60. The molecular weight excluding hydrogens is 334 g/mol. The molecule has 3 aliphatic rings. The Morgan fingerprint density at radius 1 is 1.24 bits per heavy atom. The van der Waals surface area contributed by atoms with Crippen LogP contribution in [-0.2, 0) is 0 Å². The van der Waals surface area contributed by atoms with Crippen LogP contribution in [0, 0.1) is 5.92 Å². The predicted octanol–water partition coefficient (Wildman–Crippen LogP) is 3.34. The lowest BCUT2D eigenvalue weighted by atomic mass is 9.79. The zero-order valence-electron chi connectivity index (χ0n) is 14.3. The van der Waals surface area contributed by atoms with Crippen molar-refractivity contribution >= 4 is 22.9 Å². The van der Waals surface area contributed by atoms with Gasteiger partial charge in [0.05, 0.1) is 10.6 Å². The van der Waals surface area contributed by atoms with Gasteiger partial charge in [0.25, 0.3) is 5.91 Å². The molecule has 3 N–H and O–H groups in total. The number of amides is 1. The van der Waals surface area contributed by atoms with Gasteiger partial charge in [0, 0.05) is 12.1 Å². The smallest absolute Gasteiger partial charge is 0.261 e. The third-order valence-electron chi connectivity index (χ3n) is 5.41. The Hall–Kier alpha value is -2.05. The Labute approximate surface area is 151 Å². The van der Waals surface area contributed by atoms with Crippen molar-refractivity contribution in [3.8, 4) is 10.8 Å². The highest BCUT2D eigenvalue weighted by Gasteiger charge is 2.40. The van der Waals surface area contributed by atoms with Gasteiger partial charge in [-0.1, -0.05) is 23.5 Å². The Bertz CT molecular complexity index is 766. The van der Waals surface area contributed by atoms with Gasteiger partial charge in [-0.2, -0.15) is 0 Å². The quantitative estimate of drug-likeness (QED) is 0.824. The van der Waals surface area contributed by atoms with E-state index in [0.717, 1.165) is 13.1 Å². The maximum Gasteiger partial charge on any atom is 0.261 e. The Kier molecular flexibility index (Phi) is 4.39. The van der Waals surface area contributed by atoms with Gasteiger partial charge < -0.3 is 15.8 Å². The molecule has 2 unspecified atom stereocenters. The highest BCUT2D eigenvalue weighted by atomic mass is 32.1. The summed E-state index contributed by atoms with van der Waals surface area (Å²) in [5, 5.41) is 3.93. The van der Waals surface area contributed by atoms with Crippen LogP contribution < -0.4 is 15.8 Å². The summed E-state index contributed by atoms with van der Waals surface area (Å²) >= 11 is 1.35. The van der Waals surface area contributed by atoms with Crippen LogP contribution in [0.2, 0.25) is 0 Å². The summed E-state index contributed by atoms with van der Waals surface area (Å²) in [5.41, 5.74) is 6.49. The first kappa shape index (κ1) is 16.4. The Morgan fingerprint density at radius 2 is 2.00 bits per heavy atom. The Balaban J connectivity index is 1.43. The zero-order chi connectivity index (χ0) is 17.4. The van der Waals surface area contributed by atoms with E-state index in [1.807, 2.05) is 30.3 Å². The van der Waals surface area contributed by atoms with E-state index in [1.54, 1.807) is 6.07 Å². The van der Waals surface area contributed by atoms with Gasteiger partial charge in [-0.15, -0.1) is 0 Å². The molecule has 132 valence electrons. The van der Waals surface area contributed by atoms with Crippen molar-refractivity contribution in [1.29, 1.82) is 0 Å². The molecule has 3 saturated heterocycles. The molecule has 3 aliphatic heterocycles. The number of piperidine rings is 3. The van der Waals surface area contributed by atoms with Crippen molar-refractivity contribution in [3.05, 3.63) is 41.3 Å². The van der Waals surface area contributed by atoms with E-state index in [-0.39, 0.29) is 11.9 Å². The van der Waals surface area contributed by atoms with Crippen molar-refractivity contribution < 1.29 is 9.53 Å². The summed E-state index contributed by atoms with van der Waals surface area (Å²) in [6.45, 7) is 4.54. The number of nitrogens with one attached hydrogen (secondary N) is 1.